The van der Waals surface area contributed by atoms with Crippen molar-refractivity contribution in [2.75, 3.05) is 13.1 Å². The standard InChI is InChI=1S/C19H23N3O/c1-14-4-6-15(7-5-14)19-17-3-2-10-21(17)11-12-22(19)18(23)13-20-16-8-9-16/h2-7,10,16,19-20H,8-9,11-13H2,1H3. The molecule has 1 amide bonds. The van der Waals surface area contributed by atoms with Gasteiger partial charge in [0.1, 0.15) is 0 Å². The molecule has 1 unspecified atom stereocenters. The maximum absolute atomic E-state index is 12.8. The Labute approximate surface area is 137 Å². The zero-order chi connectivity index (χ0) is 15.8. The van der Waals surface area contributed by atoms with Gasteiger partial charge in [0.2, 0.25) is 5.91 Å². The van der Waals surface area contributed by atoms with Crippen molar-refractivity contribution in [2.24, 2.45) is 0 Å². The quantitative estimate of drug-likeness (QED) is 0.942. The minimum absolute atomic E-state index is 0.0212. The Morgan fingerprint density at radius 1 is 1.17 bits per heavy atom. The summed E-state index contributed by atoms with van der Waals surface area (Å²) in [7, 11) is 0. The van der Waals surface area contributed by atoms with E-state index < -0.39 is 0 Å². The van der Waals surface area contributed by atoms with E-state index in [9.17, 15) is 4.79 Å². The van der Waals surface area contributed by atoms with Crippen LogP contribution < -0.4 is 5.32 Å². The fourth-order valence-electron chi connectivity index (χ4n) is 3.37. The summed E-state index contributed by atoms with van der Waals surface area (Å²) < 4.78 is 2.27. The molecule has 1 aliphatic heterocycles. The van der Waals surface area contributed by atoms with Gasteiger partial charge >= 0.3 is 0 Å². The lowest BCUT2D eigenvalue weighted by molar-refractivity contribution is -0.133. The molecule has 1 N–H and O–H groups in total. The molecule has 1 aromatic heterocycles. The van der Waals surface area contributed by atoms with Crippen LogP contribution in [0.1, 0.15) is 35.7 Å². The van der Waals surface area contributed by atoms with Crippen molar-refractivity contribution in [3.8, 4) is 0 Å². The van der Waals surface area contributed by atoms with Gasteiger partial charge in [0.15, 0.2) is 0 Å². The second kappa shape index (κ2) is 5.85. The molecular formula is C19H23N3O. The van der Waals surface area contributed by atoms with Crippen LogP contribution in [0.25, 0.3) is 0 Å². The van der Waals surface area contributed by atoms with Crippen LogP contribution in [0.15, 0.2) is 42.6 Å². The first kappa shape index (κ1) is 14.5. The highest BCUT2D eigenvalue weighted by molar-refractivity contribution is 5.79. The van der Waals surface area contributed by atoms with E-state index in [1.54, 1.807) is 0 Å². The number of hydrogen-bond donors (Lipinski definition) is 1. The molecule has 0 spiro atoms. The largest absolute Gasteiger partial charge is 0.348 e. The maximum atomic E-state index is 12.8. The lowest BCUT2D eigenvalue weighted by Crippen LogP contribution is -2.46. The molecule has 2 heterocycles. The molecule has 1 saturated carbocycles. The Balaban J connectivity index is 1.63. The zero-order valence-electron chi connectivity index (χ0n) is 13.5. The van der Waals surface area contributed by atoms with Gasteiger partial charge in [-0.25, -0.2) is 0 Å². The molecule has 1 aromatic carbocycles. The van der Waals surface area contributed by atoms with Gasteiger partial charge in [-0.3, -0.25) is 4.79 Å². The molecule has 0 bridgehead atoms. The summed E-state index contributed by atoms with van der Waals surface area (Å²) in [6.45, 7) is 4.19. The second-order valence-corrected chi connectivity index (χ2v) is 6.68. The summed E-state index contributed by atoms with van der Waals surface area (Å²) in [4.78, 5) is 14.8. The van der Waals surface area contributed by atoms with E-state index in [4.69, 9.17) is 0 Å². The van der Waals surface area contributed by atoms with Crippen molar-refractivity contribution in [2.45, 2.75) is 38.4 Å². The number of rotatable bonds is 4. The number of amides is 1. The topological polar surface area (TPSA) is 37.3 Å². The molecule has 1 aliphatic carbocycles. The van der Waals surface area contributed by atoms with Crippen LogP contribution in [0.4, 0.5) is 0 Å². The van der Waals surface area contributed by atoms with Crippen LogP contribution in [0.5, 0.6) is 0 Å². The molecule has 120 valence electrons. The normalized spacial score (nSPS) is 20.4. The Kier molecular flexibility index (Phi) is 3.69. The monoisotopic (exact) mass is 309 g/mol. The number of carbonyl (C=O) groups excluding carboxylic acids is 1. The summed E-state index contributed by atoms with van der Waals surface area (Å²) in [5, 5.41) is 3.35. The van der Waals surface area contributed by atoms with E-state index >= 15 is 0 Å². The van der Waals surface area contributed by atoms with Crippen molar-refractivity contribution in [1.82, 2.24) is 14.8 Å². The average Bonchev–Trinajstić information content (AvgIpc) is 3.27. The lowest BCUT2D eigenvalue weighted by atomic mass is 9.99. The SMILES string of the molecule is Cc1ccc(C2c3cccn3CCN2C(=O)CNC2CC2)cc1. The number of aryl methyl sites for hydroxylation is 1. The zero-order valence-corrected chi connectivity index (χ0v) is 13.5. The molecule has 4 rings (SSSR count). The van der Waals surface area contributed by atoms with Gasteiger partial charge < -0.3 is 14.8 Å². The summed E-state index contributed by atoms with van der Waals surface area (Å²) in [6, 6.07) is 13.3. The number of benzene rings is 1. The second-order valence-electron chi connectivity index (χ2n) is 6.68. The third-order valence-corrected chi connectivity index (χ3v) is 4.87. The first-order chi connectivity index (χ1) is 11.2. The third-order valence-electron chi connectivity index (χ3n) is 4.87. The number of nitrogens with zero attached hydrogens (tertiary/aromatic N) is 2. The van der Waals surface area contributed by atoms with Crippen LogP contribution >= 0.6 is 0 Å². The maximum Gasteiger partial charge on any atom is 0.237 e. The van der Waals surface area contributed by atoms with Gasteiger partial charge in [-0.15, -0.1) is 0 Å². The molecule has 2 aromatic rings. The molecule has 1 fully saturated rings. The molecule has 4 heteroatoms. The van der Waals surface area contributed by atoms with E-state index in [1.165, 1.54) is 29.7 Å². The van der Waals surface area contributed by atoms with E-state index in [1.807, 2.05) is 4.90 Å². The molecule has 2 aliphatic rings. The van der Waals surface area contributed by atoms with Gasteiger partial charge in [-0.05, 0) is 37.5 Å². The highest BCUT2D eigenvalue weighted by atomic mass is 16.2. The van der Waals surface area contributed by atoms with Gasteiger partial charge in [0.25, 0.3) is 0 Å². The number of fused-ring (bicyclic) bond motifs is 1. The Hall–Kier alpha value is -2.07. The van der Waals surface area contributed by atoms with Crippen molar-refractivity contribution >= 4 is 5.91 Å². The minimum atomic E-state index is 0.0212. The van der Waals surface area contributed by atoms with Gasteiger partial charge in [0, 0.05) is 31.0 Å². The van der Waals surface area contributed by atoms with Crippen molar-refractivity contribution < 1.29 is 4.79 Å². The molecule has 0 radical (unpaired) electrons. The van der Waals surface area contributed by atoms with Crippen LogP contribution in [0, 0.1) is 6.92 Å². The smallest absolute Gasteiger partial charge is 0.237 e. The summed E-state index contributed by atoms with van der Waals surface area (Å²) in [5.74, 6) is 0.204. The number of hydrogen-bond acceptors (Lipinski definition) is 2. The van der Waals surface area contributed by atoms with Crippen LogP contribution in [-0.2, 0) is 11.3 Å². The summed E-state index contributed by atoms with van der Waals surface area (Å²) >= 11 is 0. The molecule has 4 nitrogen and oxygen atoms in total. The fraction of sp³-hybridized carbons (Fsp3) is 0.421. The Morgan fingerprint density at radius 2 is 1.96 bits per heavy atom. The highest BCUT2D eigenvalue weighted by Crippen LogP contribution is 2.32. The molecule has 0 saturated heterocycles. The third kappa shape index (κ3) is 2.91. The highest BCUT2D eigenvalue weighted by Gasteiger charge is 2.32. The predicted octanol–water partition coefficient (Wildman–Crippen LogP) is 2.48. The summed E-state index contributed by atoms with van der Waals surface area (Å²) in [5.41, 5.74) is 3.64. The van der Waals surface area contributed by atoms with Gasteiger partial charge in [-0.2, -0.15) is 0 Å². The Bertz CT molecular complexity index is 700. The van der Waals surface area contributed by atoms with Crippen molar-refractivity contribution in [1.29, 1.82) is 0 Å². The fourth-order valence-corrected chi connectivity index (χ4v) is 3.37. The van der Waals surface area contributed by atoms with Crippen LogP contribution in [-0.4, -0.2) is 34.5 Å². The van der Waals surface area contributed by atoms with E-state index in [2.05, 4.69) is 59.4 Å². The first-order valence-corrected chi connectivity index (χ1v) is 8.47. The number of aromatic nitrogens is 1. The Morgan fingerprint density at radius 3 is 2.70 bits per heavy atom. The molecule has 23 heavy (non-hydrogen) atoms. The average molecular weight is 309 g/mol. The van der Waals surface area contributed by atoms with Gasteiger partial charge in [-0.1, -0.05) is 29.8 Å². The van der Waals surface area contributed by atoms with Crippen LogP contribution in [0.3, 0.4) is 0 Å². The van der Waals surface area contributed by atoms with Crippen molar-refractivity contribution in [3.63, 3.8) is 0 Å². The number of carbonyl (C=O) groups is 1. The van der Waals surface area contributed by atoms with Crippen molar-refractivity contribution in [3.05, 3.63) is 59.4 Å². The van der Waals surface area contributed by atoms with Gasteiger partial charge in [0.05, 0.1) is 12.6 Å². The number of nitrogens with one attached hydrogen (secondary N) is 1. The first-order valence-electron chi connectivity index (χ1n) is 8.47. The van der Waals surface area contributed by atoms with E-state index in [0.717, 1.165) is 13.1 Å². The van der Waals surface area contributed by atoms with E-state index in [0.29, 0.717) is 12.6 Å². The minimum Gasteiger partial charge on any atom is -0.348 e. The summed E-state index contributed by atoms with van der Waals surface area (Å²) in [6.07, 6.45) is 4.52. The molecule has 1 atom stereocenters. The van der Waals surface area contributed by atoms with Crippen LogP contribution in [0.2, 0.25) is 0 Å². The lowest BCUT2D eigenvalue weighted by Gasteiger charge is -2.37. The predicted molar refractivity (Wildman–Crippen MR) is 90.2 cm³/mol. The van der Waals surface area contributed by atoms with E-state index in [-0.39, 0.29) is 11.9 Å². The molecular weight excluding hydrogens is 286 g/mol.